The van der Waals surface area contributed by atoms with E-state index in [1.165, 1.54) is 0 Å². The number of pyridine rings is 1. The Morgan fingerprint density at radius 3 is 2.75 bits per heavy atom. The zero-order valence-electron chi connectivity index (χ0n) is 11.7. The standard InChI is InChI=1S/C14H16ClN5/c1-9-4-5-17-14-12(9)18-13(10(2)15)20(14)8-11-16-6-7-19(11)3/h4-7,10H,8H2,1-3H3. The molecular weight excluding hydrogens is 274 g/mol. The fourth-order valence-electron chi connectivity index (χ4n) is 2.31. The van der Waals surface area contributed by atoms with Gasteiger partial charge in [0.15, 0.2) is 5.65 Å². The van der Waals surface area contributed by atoms with Crippen molar-refractivity contribution in [1.29, 1.82) is 0 Å². The van der Waals surface area contributed by atoms with Gasteiger partial charge in [0.05, 0.1) is 11.9 Å². The van der Waals surface area contributed by atoms with E-state index in [1.807, 2.05) is 42.3 Å². The summed E-state index contributed by atoms with van der Waals surface area (Å²) in [5, 5.41) is -0.177. The lowest BCUT2D eigenvalue weighted by Gasteiger charge is -2.09. The molecule has 1 atom stereocenters. The molecule has 6 heteroatoms. The number of alkyl halides is 1. The summed E-state index contributed by atoms with van der Waals surface area (Å²) in [4.78, 5) is 13.5. The number of hydrogen-bond acceptors (Lipinski definition) is 3. The Hall–Kier alpha value is -1.88. The van der Waals surface area contributed by atoms with Gasteiger partial charge in [-0.2, -0.15) is 0 Å². The lowest BCUT2D eigenvalue weighted by atomic mass is 10.3. The van der Waals surface area contributed by atoms with E-state index in [1.54, 1.807) is 12.4 Å². The van der Waals surface area contributed by atoms with Gasteiger partial charge >= 0.3 is 0 Å². The van der Waals surface area contributed by atoms with Crippen molar-refractivity contribution in [2.24, 2.45) is 7.05 Å². The summed E-state index contributed by atoms with van der Waals surface area (Å²) in [6.07, 6.45) is 5.52. The van der Waals surface area contributed by atoms with Gasteiger partial charge in [0.1, 0.15) is 17.2 Å². The number of hydrogen-bond donors (Lipinski definition) is 0. The fraction of sp³-hybridized carbons (Fsp3) is 0.357. The van der Waals surface area contributed by atoms with Gasteiger partial charge in [0.2, 0.25) is 0 Å². The maximum atomic E-state index is 6.27. The average Bonchev–Trinajstić information content (AvgIpc) is 2.96. The van der Waals surface area contributed by atoms with Crippen LogP contribution >= 0.6 is 11.6 Å². The minimum absolute atomic E-state index is 0.177. The van der Waals surface area contributed by atoms with E-state index in [9.17, 15) is 0 Å². The molecule has 0 fully saturated rings. The number of fused-ring (bicyclic) bond motifs is 1. The van der Waals surface area contributed by atoms with E-state index in [0.717, 1.165) is 28.4 Å². The van der Waals surface area contributed by atoms with Crippen molar-refractivity contribution in [3.05, 3.63) is 41.9 Å². The van der Waals surface area contributed by atoms with Crippen LogP contribution in [0.25, 0.3) is 11.2 Å². The normalized spacial score (nSPS) is 13.0. The van der Waals surface area contributed by atoms with Crippen LogP contribution in [0.4, 0.5) is 0 Å². The zero-order chi connectivity index (χ0) is 14.3. The van der Waals surface area contributed by atoms with Crippen LogP contribution in [-0.4, -0.2) is 24.1 Å². The highest BCUT2D eigenvalue weighted by atomic mass is 35.5. The Balaban J connectivity index is 2.19. The van der Waals surface area contributed by atoms with Crippen molar-refractivity contribution in [1.82, 2.24) is 24.1 Å². The summed E-state index contributed by atoms with van der Waals surface area (Å²) in [5.74, 6) is 1.78. The lowest BCUT2D eigenvalue weighted by molar-refractivity contribution is 0.672. The van der Waals surface area contributed by atoms with E-state index in [0.29, 0.717) is 6.54 Å². The van der Waals surface area contributed by atoms with Crippen LogP contribution < -0.4 is 0 Å². The lowest BCUT2D eigenvalue weighted by Crippen LogP contribution is -2.10. The van der Waals surface area contributed by atoms with Crippen LogP contribution in [-0.2, 0) is 13.6 Å². The van der Waals surface area contributed by atoms with Crippen molar-refractivity contribution in [3.63, 3.8) is 0 Å². The average molecular weight is 290 g/mol. The monoisotopic (exact) mass is 289 g/mol. The summed E-state index contributed by atoms with van der Waals surface area (Å²) in [7, 11) is 1.98. The van der Waals surface area contributed by atoms with Gasteiger partial charge in [-0.1, -0.05) is 0 Å². The number of imidazole rings is 2. The SMILES string of the molecule is Cc1ccnc2c1nc(C(C)Cl)n2Cc1nccn1C. The molecular formula is C14H16ClN5. The summed E-state index contributed by atoms with van der Waals surface area (Å²) in [6, 6.07) is 1.96. The molecule has 0 aromatic carbocycles. The van der Waals surface area contributed by atoms with Gasteiger partial charge in [-0.25, -0.2) is 15.0 Å². The van der Waals surface area contributed by atoms with Crippen molar-refractivity contribution in [2.75, 3.05) is 0 Å². The third-order valence-corrected chi connectivity index (χ3v) is 3.64. The van der Waals surface area contributed by atoms with E-state index in [-0.39, 0.29) is 5.38 Å². The largest absolute Gasteiger partial charge is 0.337 e. The van der Waals surface area contributed by atoms with Gasteiger partial charge in [-0.05, 0) is 25.5 Å². The second-order valence-electron chi connectivity index (χ2n) is 4.93. The Morgan fingerprint density at radius 2 is 2.10 bits per heavy atom. The Morgan fingerprint density at radius 1 is 1.30 bits per heavy atom. The van der Waals surface area contributed by atoms with Crippen LogP contribution in [0.1, 0.15) is 29.5 Å². The molecule has 3 rings (SSSR count). The number of rotatable bonds is 3. The van der Waals surface area contributed by atoms with Gasteiger partial charge in [0, 0.05) is 25.6 Å². The second-order valence-corrected chi connectivity index (χ2v) is 5.58. The highest BCUT2D eigenvalue weighted by Crippen LogP contribution is 2.25. The number of aromatic nitrogens is 5. The first kappa shape index (κ1) is 13.1. The van der Waals surface area contributed by atoms with Crippen molar-refractivity contribution in [3.8, 4) is 0 Å². The molecule has 0 spiro atoms. The highest BCUT2D eigenvalue weighted by molar-refractivity contribution is 6.20. The Kier molecular flexibility index (Phi) is 3.22. The molecule has 0 amide bonds. The van der Waals surface area contributed by atoms with E-state index >= 15 is 0 Å². The van der Waals surface area contributed by atoms with Gasteiger partial charge in [-0.3, -0.25) is 0 Å². The molecule has 0 saturated heterocycles. The van der Waals surface area contributed by atoms with Gasteiger partial charge in [0.25, 0.3) is 0 Å². The van der Waals surface area contributed by atoms with Crippen LogP contribution in [0, 0.1) is 6.92 Å². The first-order valence-corrected chi connectivity index (χ1v) is 6.93. The van der Waals surface area contributed by atoms with Crippen LogP contribution in [0.2, 0.25) is 0 Å². The molecule has 1 unspecified atom stereocenters. The molecule has 20 heavy (non-hydrogen) atoms. The summed E-state index contributed by atoms with van der Waals surface area (Å²) in [5.41, 5.74) is 2.87. The van der Waals surface area contributed by atoms with Crippen LogP contribution in [0.5, 0.6) is 0 Å². The topological polar surface area (TPSA) is 48.5 Å². The zero-order valence-corrected chi connectivity index (χ0v) is 12.5. The predicted octanol–water partition coefficient (Wildman–Crippen LogP) is 2.82. The molecule has 0 aliphatic carbocycles. The number of halogens is 1. The summed E-state index contributed by atoms with van der Waals surface area (Å²) in [6.45, 7) is 4.57. The van der Waals surface area contributed by atoms with E-state index in [4.69, 9.17) is 11.6 Å². The van der Waals surface area contributed by atoms with E-state index < -0.39 is 0 Å². The maximum absolute atomic E-state index is 6.27. The third-order valence-electron chi connectivity index (χ3n) is 3.44. The molecule has 3 heterocycles. The smallest absolute Gasteiger partial charge is 0.160 e. The number of nitrogens with zero attached hydrogens (tertiary/aromatic N) is 5. The molecule has 0 N–H and O–H groups in total. The fourth-order valence-corrected chi connectivity index (χ4v) is 2.47. The first-order valence-electron chi connectivity index (χ1n) is 6.50. The first-order chi connectivity index (χ1) is 9.58. The van der Waals surface area contributed by atoms with Crippen molar-refractivity contribution in [2.45, 2.75) is 25.8 Å². The third kappa shape index (κ3) is 2.08. The molecule has 3 aromatic heterocycles. The molecule has 0 aliphatic rings. The molecule has 104 valence electrons. The predicted molar refractivity (Wildman–Crippen MR) is 78.8 cm³/mol. The van der Waals surface area contributed by atoms with Crippen molar-refractivity contribution >= 4 is 22.8 Å². The van der Waals surface area contributed by atoms with Gasteiger partial charge < -0.3 is 9.13 Å². The quantitative estimate of drug-likeness (QED) is 0.697. The molecule has 3 aromatic rings. The molecule has 5 nitrogen and oxygen atoms in total. The van der Waals surface area contributed by atoms with Gasteiger partial charge in [-0.15, -0.1) is 11.6 Å². The summed E-state index contributed by atoms with van der Waals surface area (Å²) >= 11 is 6.27. The second kappa shape index (κ2) is 4.90. The molecule has 0 aliphatic heterocycles. The van der Waals surface area contributed by atoms with Crippen LogP contribution in [0.15, 0.2) is 24.7 Å². The summed E-state index contributed by atoms with van der Waals surface area (Å²) < 4.78 is 4.03. The van der Waals surface area contributed by atoms with Crippen molar-refractivity contribution < 1.29 is 0 Å². The van der Waals surface area contributed by atoms with Crippen LogP contribution in [0.3, 0.4) is 0 Å². The number of aryl methyl sites for hydroxylation is 2. The molecule has 0 saturated carbocycles. The highest BCUT2D eigenvalue weighted by Gasteiger charge is 2.18. The molecule has 0 bridgehead atoms. The molecule has 0 radical (unpaired) electrons. The Bertz CT molecular complexity index is 756. The Labute approximate surface area is 122 Å². The minimum atomic E-state index is -0.177. The minimum Gasteiger partial charge on any atom is -0.337 e. The maximum Gasteiger partial charge on any atom is 0.160 e. The van der Waals surface area contributed by atoms with E-state index in [2.05, 4.69) is 15.0 Å².